The van der Waals surface area contributed by atoms with Crippen molar-refractivity contribution in [1.29, 1.82) is 0 Å². The SMILES string of the molecule is CC(C(=O)N1CCCC1CBr)S(C)(=O)=O. The monoisotopic (exact) mass is 297 g/mol. The molecule has 1 amide bonds. The van der Waals surface area contributed by atoms with E-state index in [1.54, 1.807) is 4.90 Å². The first-order valence-electron chi connectivity index (χ1n) is 4.93. The Morgan fingerprint density at radius 2 is 2.20 bits per heavy atom. The van der Waals surface area contributed by atoms with Gasteiger partial charge in [0.25, 0.3) is 0 Å². The van der Waals surface area contributed by atoms with Gasteiger partial charge in [-0.1, -0.05) is 15.9 Å². The zero-order chi connectivity index (χ0) is 11.6. The molecular weight excluding hydrogens is 282 g/mol. The van der Waals surface area contributed by atoms with E-state index in [9.17, 15) is 13.2 Å². The van der Waals surface area contributed by atoms with E-state index in [4.69, 9.17) is 0 Å². The fourth-order valence-electron chi connectivity index (χ4n) is 1.70. The van der Waals surface area contributed by atoms with Crippen LogP contribution < -0.4 is 0 Å². The Bertz CT molecular complexity index is 341. The average molecular weight is 298 g/mol. The van der Waals surface area contributed by atoms with Gasteiger partial charge in [0, 0.05) is 24.2 Å². The molecule has 88 valence electrons. The van der Waals surface area contributed by atoms with Crippen molar-refractivity contribution in [2.75, 3.05) is 18.1 Å². The Morgan fingerprint density at radius 3 is 2.67 bits per heavy atom. The summed E-state index contributed by atoms with van der Waals surface area (Å²) in [6, 6.07) is 0.154. The molecule has 0 aromatic heterocycles. The van der Waals surface area contributed by atoms with E-state index in [1.807, 2.05) is 0 Å². The molecule has 1 aliphatic rings. The lowest BCUT2D eigenvalue weighted by atomic mass is 10.2. The van der Waals surface area contributed by atoms with Crippen LogP contribution in [0.5, 0.6) is 0 Å². The summed E-state index contributed by atoms with van der Waals surface area (Å²) >= 11 is 3.34. The second kappa shape index (κ2) is 4.82. The van der Waals surface area contributed by atoms with Crippen LogP contribution in [0.25, 0.3) is 0 Å². The Morgan fingerprint density at radius 1 is 1.60 bits per heavy atom. The van der Waals surface area contributed by atoms with Crippen LogP contribution in [0.3, 0.4) is 0 Å². The normalized spacial score (nSPS) is 24.2. The number of amides is 1. The first-order valence-corrected chi connectivity index (χ1v) is 8.01. The predicted molar refractivity (Wildman–Crippen MR) is 62.8 cm³/mol. The van der Waals surface area contributed by atoms with E-state index in [1.165, 1.54) is 6.92 Å². The number of nitrogens with zero attached hydrogens (tertiary/aromatic N) is 1. The molecule has 15 heavy (non-hydrogen) atoms. The molecule has 1 rings (SSSR count). The number of hydrogen-bond acceptors (Lipinski definition) is 3. The lowest BCUT2D eigenvalue weighted by Crippen LogP contribution is -2.44. The van der Waals surface area contributed by atoms with E-state index >= 15 is 0 Å². The summed E-state index contributed by atoms with van der Waals surface area (Å²) in [6.45, 7) is 2.14. The smallest absolute Gasteiger partial charge is 0.240 e. The molecule has 1 fully saturated rings. The van der Waals surface area contributed by atoms with E-state index < -0.39 is 15.1 Å². The summed E-state index contributed by atoms with van der Waals surface area (Å²) < 4.78 is 22.5. The van der Waals surface area contributed by atoms with Crippen molar-refractivity contribution in [3.63, 3.8) is 0 Å². The van der Waals surface area contributed by atoms with Crippen molar-refractivity contribution in [3.05, 3.63) is 0 Å². The zero-order valence-electron chi connectivity index (χ0n) is 8.94. The van der Waals surface area contributed by atoms with Crippen LogP contribution in [0.2, 0.25) is 0 Å². The van der Waals surface area contributed by atoms with Gasteiger partial charge in [-0.15, -0.1) is 0 Å². The van der Waals surface area contributed by atoms with E-state index in [2.05, 4.69) is 15.9 Å². The molecule has 2 unspecified atom stereocenters. The fraction of sp³-hybridized carbons (Fsp3) is 0.889. The van der Waals surface area contributed by atoms with Crippen molar-refractivity contribution in [1.82, 2.24) is 4.90 Å². The van der Waals surface area contributed by atoms with E-state index in [-0.39, 0.29) is 11.9 Å². The number of carbonyl (C=O) groups is 1. The molecule has 1 aliphatic heterocycles. The highest BCUT2D eigenvalue weighted by Crippen LogP contribution is 2.21. The van der Waals surface area contributed by atoms with Gasteiger partial charge in [0.05, 0.1) is 0 Å². The summed E-state index contributed by atoms with van der Waals surface area (Å²) in [6.07, 6.45) is 3.01. The average Bonchev–Trinajstić information content (AvgIpc) is 2.61. The van der Waals surface area contributed by atoms with Crippen molar-refractivity contribution < 1.29 is 13.2 Å². The van der Waals surface area contributed by atoms with Crippen LogP contribution in [0.1, 0.15) is 19.8 Å². The number of alkyl halides is 1. The minimum Gasteiger partial charge on any atom is -0.338 e. The highest BCUT2D eigenvalue weighted by molar-refractivity contribution is 9.09. The number of hydrogen-bond donors (Lipinski definition) is 0. The Kier molecular flexibility index (Phi) is 4.17. The lowest BCUT2D eigenvalue weighted by Gasteiger charge is -2.25. The van der Waals surface area contributed by atoms with Crippen LogP contribution in [-0.2, 0) is 14.6 Å². The maximum absolute atomic E-state index is 11.9. The molecule has 4 nitrogen and oxygen atoms in total. The first kappa shape index (κ1) is 13.0. The molecule has 0 aromatic carbocycles. The molecule has 0 saturated carbocycles. The maximum atomic E-state index is 11.9. The summed E-state index contributed by atoms with van der Waals surface area (Å²) in [4.78, 5) is 13.6. The van der Waals surface area contributed by atoms with E-state index in [0.29, 0.717) is 6.54 Å². The molecule has 0 spiro atoms. The van der Waals surface area contributed by atoms with Gasteiger partial charge >= 0.3 is 0 Å². The molecule has 0 N–H and O–H groups in total. The second-order valence-electron chi connectivity index (χ2n) is 3.95. The molecular formula is C9H16BrNO3S. The van der Waals surface area contributed by atoms with Gasteiger partial charge in [-0.25, -0.2) is 8.42 Å². The van der Waals surface area contributed by atoms with Gasteiger partial charge in [-0.3, -0.25) is 4.79 Å². The zero-order valence-corrected chi connectivity index (χ0v) is 11.3. The summed E-state index contributed by atoms with van der Waals surface area (Å²) in [5.41, 5.74) is 0. The largest absolute Gasteiger partial charge is 0.338 e. The Labute approximate surface area is 99.1 Å². The maximum Gasteiger partial charge on any atom is 0.240 e. The minimum atomic E-state index is -3.28. The number of likely N-dealkylation sites (tertiary alicyclic amines) is 1. The van der Waals surface area contributed by atoms with Gasteiger partial charge < -0.3 is 4.90 Å². The minimum absolute atomic E-state index is 0.154. The highest BCUT2D eigenvalue weighted by Gasteiger charge is 2.34. The standard InChI is InChI=1S/C9H16BrNO3S/c1-7(15(2,13)14)9(12)11-5-3-4-8(11)6-10/h7-8H,3-6H2,1-2H3. The van der Waals surface area contributed by atoms with Crippen molar-refractivity contribution in [3.8, 4) is 0 Å². The molecule has 1 heterocycles. The highest BCUT2D eigenvalue weighted by atomic mass is 79.9. The Balaban J connectivity index is 2.76. The third-order valence-electron chi connectivity index (χ3n) is 2.83. The van der Waals surface area contributed by atoms with Crippen LogP contribution >= 0.6 is 15.9 Å². The first-order chi connectivity index (χ1) is 6.88. The molecule has 1 saturated heterocycles. The van der Waals surface area contributed by atoms with Crippen molar-refractivity contribution in [2.45, 2.75) is 31.1 Å². The predicted octanol–water partition coefficient (Wildman–Crippen LogP) is 0.805. The Hall–Kier alpha value is -0.100. The van der Waals surface area contributed by atoms with Crippen LogP contribution in [0, 0.1) is 0 Å². The third-order valence-corrected chi connectivity index (χ3v) is 5.06. The van der Waals surface area contributed by atoms with Crippen molar-refractivity contribution >= 4 is 31.7 Å². The fourth-order valence-corrected chi connectivity index (χ4v) is 2.88. The van der Waals surface area contributed by atoms with E-state index in [0.717, 1.165) is 24.4 Å². The number of rotatable bonds is 3. The van der Waals surface area contributed by atoms with Crippen molar-refractivity contribution in [2.24, 2.45) is 0 Å². The van der Waals surface area contributed by atoms with Gasteiger partial charge in [-0.2, -0.15) is 0 Å². The molecule has 2 atom stereocenters. The third kappa shape index (κ3) is 2.93. The second-order valence-corrected chi connectivity index (χ2v) is 6.97. The van der Waals surface area contributed by atoms with Gasteiger partial charge in [0.2, 0.25) is 5.91 Å². The quantitative estimate of drug-likeness (QED) is 0.724. The van der Waals surface area contributed by atoms with Gasteiger partial charge in [0.15, 0.2) is 9.84 Å². The molecule has 0 aromatic rings. The molecule has 0 radical (unpaired) electrons. The van der Waals surface area contributed by atoms with Crippen LogP contribution in [0.4, 0.5) is 0 Å². The summed E-state index contributed by atoms with van der Waals surface area (Å²) in [5, 5.41) is -0.202. The number of carbonyl (C=O) groups excluding carboxylic acids is 1. The molecule has 6 heteroatoms. The molecule has 0 bridgehead atoms. The van der Waals surface area contributed by atoms with Crippen LogP contribution in [0.15, 0.2) is 0 Å². The summed E-state index contributed by atoms with van der Waals surface area (Å²) in [5.74, 6) is -0.264. The summed E-state index contributed by atoms with van der Waals surface area (Å²) in [7, 11) is -3.28. The number of halogens is 1. The molecule has 0 aliphatic carbocycles. The van der Waals surface area contributed by atoms with Gasteiger partial charge in [-0.05, 0) is 19.8 Å². The number of sulfone groups is 1. The topological polar surface area (TPSA) is 54.5 Å². The van der Waals surface area contributed by atoms with Crippen LogP contribution in [-0.4, -0.2) is 48.6 Å². The lowest BCUT2D eigenvalue weighted by molar-refractivity contribution is -0.130. The van der Waals surface area contributed by atoms with Gasteiger partial charge in [0.1, 0.15) is 5.25 Å².